The van der Waals surface area contributed by atoms with Crippen LogP contribution in [0.25, 0.3) is 0 Å². The van der Waals surface area contributed by atoms with Crippen LogP contribution in [0.1, 0.15) is 18.1 Å². The van der Waals surface area contributed by atoms with E-state index in [9.17, 15) is 10.1 Å². The summed E-state index contributed by atoms with van der Waals surface area (Å²) in [5.74, 6) is 1.40. The van der Waals surface area contributed by atoms with Gasteiger partial charge in [0.05, 0.1) is 16.0 Å². The molecular weight excluding hydrogens is 510 g/mol. The lowest BCUT2D eigenvalue weighted by atomic mass is 10.2. The minimum atomic E-state index is -0.405. The Hall–Kier alpha value is -2.81. The van der Waals surface area contributed by atoms with E-state index in [2.05, 4.69) is 26.6 Å². The highest BCUT2D eigenvalue weighted by atomic mass is 79.9. The van der Waals surface area contributed by atoms with Crippen LogP contribution < -0.4 is 20.1 Å². The standard InChI is InChI=1S/C24H26BrN3O4.ClH/c1-2-31-23-15-19(14-22(25)24(23)32-17-18-6-4-3-5-7-18)16-26-12-13-27-20-8-10-21(11-9-20)28(29)30;/h3-11,14-15,26-27H,2,12-13,16-17H2,1H3;1H. The zero-order valence-corrected chi connectivity index (χ0v) is 20.7. The molecule has 0 atom stereocenters. The van der Waals surface area contributed by atoms with Crippen molar-refractivity contribution in [1.82, 2.24) is 5.32 Å². The van der Waals surface area contributed by atoms with Crippen LogP contribution in [0.2, 0.25) is 0 Å². The largest absolute Gasteiger partial charge is 0.490 e. The van der Waals surface area contributed by atoms with E-state index in [0.29, 0.717) is 37.8 Å². The van der Waals surface area contributed by atoms with Gasteiger partial charge in [0.15, 0.2) is 11.5 Å². The van der Waals surface area contributed by atoms with Gasteiger partial charge in [0.25, 0.3) is 5.69 Å². The van der Waals surface area contributed by atoms with E-state index in [1.807, 2.05) is 49.4 Å². The molecule has 3 aromatic rings. The number of hydrogen-bond acceptors (Lipinski definition) is 6. The lowest BCUT2D eigenvalue weighted by Crippen LogP contribution is -2.21. The molecule has 0 heterocycles. The van der Waals surface area contributed by atoms with Gasteiger partial charge in [-0.3, -0.25) is 10.1 Å². The maximum Gasteiger partial charge on any atom is 0.269 e. The molecule has 0 radical (unpaired) electrons. The zero-order chi connectivity index (χ0) is 22.8. The number of nitro benzene ring substituents is 1. The summed E-state index contributed by atoms with van der Waals surface area (Å²) in [6.45, 7) is 5.04. The fraction of sp³-hybridized carbons (Fsp3) is 0.250. The fourth-order valence-corrected chi connectivity index (χ4v) is 3.69. The van der Waals surface area contributed by atoms with Crippen molar-refractivity contribution in [1.29, 1.82) is 0 Å². The van der Waals surface area contributed by atoms with Crippen LogP contribution >= 0.6 is 28.3 Å². The number of halogens is 2. The lowest BCUT2D eigenvalue weighted by molar-refractivity contribution is -0.384. The highest BCUT2D eigenvalue weighted by Crippen LogP contribution is 2.37. The van der Waals surface area contributed by atoms with Crippen molar-refractivity contribution < 1.29 is 14.4 Å². The average Bonchev–Trinajstić information content (AvgIpc) is 2.79. The van der Waals surface area contributed by atoms with Crippen molar-refractivity contribution >= 4 is 39.7 Å². The number of benzene rings is 3. The molecule has 3 aromatic carbocycles. The molecule has 0 saturated carbocycles. The number of non-ortho nitro benzene ring substituents is 1. The summed E-state index contributed by atoms with van der Waals surface area (Å²) in [5.41, 5.74) is 3.09. The molecule has 0 amide bonds. The summed E-state index contributed by atoms with van der Waals surface area (Å²) in [6, 6.07) is 20.4. The quantitative estimate of drug-likeness (QED) is 0.169. The Bertz CT molecular complexity index is 1020. The van der Waals surface area contributed by atoms with Crippen molar-refractivity contribution in [3.63, 3.8) is 0 Å². The van der Waals surface area contributed by atoms with Crippen molar-refractivity contribution in [3.8, 4) is 11.5 Å². The molecule has 0 bridgehead atoms. The number of ether oxygens (including phenoxy) is 2. The van der Waals surface area contributed by atoms with E-state index >= 15 is 0 Å². The first kappa shape index (κ1) is 26.4. The third-order valence-corrected chi connectivity index (χ3v) is 5.22. The second-order valence-corrected chi connectivity index (χ2v) is 7.87. The summed E-state index contributed by atoms with van der Waals surface area (Å²) in [4.78, 5) is 10.3. The molecule has 0 aliphatic heterocycles. The van der Waals surface area contributed by atoms with Gasteiger partial charge in [-0.05, 0) is 58.2 Å². The first-order valence-electron chi connectivity index (χ1n) is 10.4. The molecule has 0 aliphatic rings. The van der Waals surface area contributed by atoms with E-state index in [-0.39, 0.29) is 18.1 Å². The van der Waals surface area contributed by atoms with Gasteiger partial charge in [0.1, 0.15) is 6.61 Å². The van der Waals surface area contributed by atoms with Crippen LogP contribution in [-0.4, -0.2) is 24.6 Å². The van der Waals surface area contributed by atoms with E-state index in [0.717, 1.165) is 27.8 Å². The maximum atomic E-state index is 10.7. The highest BCUT2D eigenvalue weighted by molar-refractivity contribution is 9.10. The number of nitrogens with one attached hydrogen (secondary N) is 2. The minimum absolute atomic E-state index is 0. The van der Waals surface area contributed by atoms with Crippen molar-refractivity contribution in [2.24, 2.45) is 0 Å². The second-order valence-electron chi connectivity index (χ2n) is 7.02. The zero-order valence-electron chi connectivity index (χ0n) is 18.3. The van der Waals surface area contributed by atoms with Crippen LogP contribution in [0.5, 0.6) is 11.5 Å². The molecule has 33 heavy (non-hydrogen) atoms. The van der Waals surface area contributed by atoms with E-state index in [1.165, 1.54) is 12.1 Å². The second kappa shape index (κ2) is 13.7. The number of rotatable bonds is 12. The van der Waals surface area contributed by atoms with E-state index in [4.69, 9.17) is 9.47 Å². The summed E-state index contributed by atoms with van der Waals surface area (Å²) in [6.07, 6.45) is 0. The minimum Gasteiger partial charge on any atom is -0.490 e. The lowest BCUT2D eigenvalue weighted by Gasteiger charge is -2.16. The summed E-state index contributed by atoms with van der Waals surface area (Å²) < 4.78 is 12.7. The topological polar surface area (TPSA) is 85.7 Å². The molecule has 0 aromatic heterocycles. The van der Waals surface area contributed by atoms with Crippen LogP contribution in [0.15, 0.2) is 71.2 Å². The average molecular weight is 537 g/mol. The normalized spacial score (nSPS) is 10.2. The number of anilines is 1. The van der Waals surface area contributed by atoms with Crippen molar-refractivity contribution in [2.45, 2.75) is 20.1 Å². The molecule has 9 heteroatoms. The molecular formula is C24H27BrClN3O4. The van der Waals surface area contributed by atoms with Crippen molar-refractivity contribution in [2.75, 3.05) is 25.0 Å². The Morgan fingerprint density at radius 3 is 2.36 bits per heavy atom. The summed E-state index contributed by atoms with van der Waals surface area (Å²) >= 11 is 3.62. The molecule has 2 N–H and O–H groups in total. The van der Waals surface area contributed by atoms with E-state index < -0.39 is 4.92 Å². The first-order valence-corrected chi connectivity index (χ1v) is 11.2. The first-order chi connectivity index (χ1) is 15.6. The van der Waals surface area contributed by atoms with Crippen LogP contribution in [0.3, 0.4) is 0 Å². The Kier molecular flexibility index (Phi) is 11.0. The van der Waals surface area contributed by atoms with Gasteiger partial charge in [0.2, 0.25) is 0 Å². The predicted molar refractivity (Wildman–Crippen MR) is 137 cm³/mol. The fourth-order valence-electron chi connectivity index (χ4n) is 3.09. The molecule has 0 saturated heterocycles. The summed E-state index contributed by atoms with van der Waals surface area (Å²) in [5, 5.41) is 17.3. The monoisotopic (exact) mass is 535 g/mol. The molecule has 0 aliphatic carbocycles. The molecule has 0 fully saturated rings. The smallest absolute Gasteiger partial charge is 0.269 e. The molecule has 0 unspecified atom stereocenters. The Balaban J connectivity index is 0.00000385. The van der Waals surface area contributed by atoms with Gasteiger partial charge >= 0.3 is 0 Å². The Labute approximate surface area is 208 Å². The molecule has 0 spiro atoms. The van der Waals surface area contributed by atoms with Gasteiger partial charge in [0, 0.05) is 37.5 Å². The summed E-state index contributed by atoms with van der Waals surface area (Å²) in [7, 11) is 0. The molecule has 7 nitrogen and oxygen atoms in total. The maximum absolute atomic E-state index is 10.7. The highest BCUT2D eigenvalue weighted by Gasteiger charge is 2.13. The molecule has 176 valence electrons. The van der Waals surface area contributed by atoms with Gasteiger partial charge in [-0.25, -0.2) is 0 Å². The number of nitrogens with zero attached hydrogens (tertiary/aromatic N) is 1. The van der Waals surface area contributed by atoms with E-state index in [1.54, 1.807) is 12.1 Å². The van der Waals surface area contributed by atoms with Crippen LogP contribution in [-0.2, 0) is 13.2 Å². The number of nitro groups is 1. The molecule has 3 rings (SSSR count). The van der Waals surface area contributed by atoms with Gasteiger partial charge in [-0.15, -0.1) is 12.4 Å². The predicted octanol–water partition coefficient (Wildman–Crippen LogP) is 5.96. The van der Waals surface area contributed by atoms with Crippen LogP contribution in [0, 0.1) is 10.1 Å². The number of hydrogen-bond donors (Lipinski definition) is 2. The van der Waals surface area contributed by atoms with Gasteiger partial charge < -0.3 is 20.1 Å². The Morgan fingerprint density at radius 2 is 1.70 bits per heavy atom. The third kappa shape index (κ3) is 8.24. The Morgan fingerprint density at radius 1 is 0.970 bits per heavy atom. The third-order valence-electron chi connectivity index (χ3n) is 4.63. The van der Waals surface area contributed by atoms with Crippen LogP contribution in [0.4, 0.5) is 11.4 Å². The van der Waals surface area contributed by atoms with Crippen molar-refractivity contribution in [3.05, 3.63) is 92.4 Å². The SMILES string of the molecule is CCOc1cc(CNCCNc2ccc([N+](=O)[O-])cc2)cc(Br)c1OCc1ccccc1.Cl. The van der Waals surface area contributed by atoms with Gasteiger partial charge in [-0.2, -0.15) is 0 Å². The van der Waals surface area contributed by atoms with Gasteiger partial charge in [-0.1, -0.05) is 30.3 Å².